The van der Waals surface area contributed by atoms with E-state index < -0.39 is 10.8 Å². The molecule has 1 heterocycles. The van der Waals surface area contributed by atoms with Crippen LogP contribution in [0.25, 0.3) is 20.2 Å². The molecule has 0 N–H and O–H groups in total. The molecule has 0 aliphatic heterocycles. The van der Waals surface area contributed by atoms with Crippen molar-refractivity contribution < 1.29 is 4.55 Å². The lowest BCUT2D eigenvalue weighted by Crippen LogP contribution is -2.03. The molecular formula is C16H14O2S. The van der Waals surface area contributed by atoms with Gasteiger partial charge in [0.15, 0.2) is 9.40 Å². The molecule has 3 rings (SSSR count). The second kappa shape index (κ2) is 4.44. The third-order valence-corrected chi connectivity index (χ3v) is 4.96. The lowest BCUT2D eigenvalue weighted by Gasteiger charge is -2.08. The molecule has 0 aliphatic rings. The summed E-state index contributed by atoms with van der Waals surface area (Å²) in [4.78, 5) is 12.5. The highest BCUT2D eigenvalue weighted by Crippen LogP contribution is 2.33. The Balaban J connectivity index is 2.53. The van der Waals surface area contributed by atoms with Crippen molar-refractivity contribution in [2.45, 2.75) is 19.8 Å². The van der Waals surface area contributed by atoms with Crippen LogP contribution in [0.5, 0.6) is 0 Å². The Hall–Kier alpha value is -1.71. The van der Waals surface area contributed by atoms with Gasteiger partial charge in [0.05, 0.1) is 10.8 Å². The van der Waals surface area contributed by atoms with Crippen molar-refractivity contribution in [1.82, 2.24) is 0 Å². The van der Waals surface area contributed by atoms with Gasteiger partial charge in [-0.15, -0.1) is 0 Å². The highest BCUT2D eigenvalue weighted by atomic mass is 32.2. The molecule has 0 aliphatic carbocycles. The predicted molar refractivity (Wildman–Crippen MR) is 80.5 cm³/mol. The van der Waals surface area contributed by atoms with E-state index >= 15 is 0 Å². The molecule has 19 heavy (non-hydrogen) atoms. The fraction of sp³-hybridized carbons (Fsp3) is 0.188. The van der Waals surface area contributed by atoms with Crippen LogP contribution in [-0.4, -0.2) is 4.55 Å². The fourth-order valence-electron chi connectivity index (χ4n) is 2.33. The van der Waals surface area contributed by atoms with Gasteiger partial charge in [-0.2, -0.15) is 0 Å². The standard InChI is InChI=1S/C16H14O2S/c1-10(2)11-7-8-15-13(9-11)16(17)12-5-3-4-6-14(12)19(15)18/h3-10H,1-2H3. The zero-order chi connectivity index (χ0) is 13.6. The van der Waals surface area contributed by atoms with Crippen molar-refractivity contribution in [2.24, 2.45) is 0 Å². The van der Waals surface area contributed by atoms with Gasteiger partial charge in [-0.1, -0.05) is 32.0 Å². The summed E-state index contributed by atoms with van der Waals surface area (Å²) in [6, 6.07) is 12.8. The molecule has 3 heteroatoms. The summed E-state index contributed by atoms with van der Waals surface area (Å²) in [5, 5.41) is 1.15. The molecule has 0 bridgehead atoms. The zero-order valence-corrected chi connectivity index (χ0v) is 11.7. The number of benzene rings is 2. The van der Waals surface area contributed by atoms with Crippen molar-refractivity contribution in [3.05, 3.63) is 58.3 Å². The summed E-state index contributed by atoms with van der Waals surface area (Å²) in [6.45, 7) is 4.17. The van der Waals surface area contributed by atoms with Crippen LogP contribution in [0.1, 0.15) is 25.3 Å². The van der Waals surface area contributed by atoms with Crippen LogP contribution in [0, 0.1) is 0 Å². The van der Waals surface area contributed by atoms with E-state index in [2.05, 4.69) is 13.8 Å². The number of rotatable bonds is 1. The first kappa shape index (κ1) is 12.3. The zero-order valence-electron chi connectivity index (χ0n) is 10.8. The van der Waals surface area contributed by atoms with Crippen molar-refractivity contribution in [3.63, 3.8) is 0 Å². The van der Waals surface area contributed by atoms with Crippen LogP contribution in [0.15, 0.2) is 47.3 Å². The topological polar surface area (TPSA) is 40.1 Å². The monoisotopic (exact) mass is 270 g/mol. The summed E-state index contributed by atoms with van der Waals surface area (Å²) >= 11 is 0. The predicted octanol–water partition coefficient (Wildman–Crippen LogP) is 4.20. The largest absolute Gasteiger partial charge is 0.590 e. The lowest BCUT2D eigenvalue weighted by molar-refractivity contribution is 0.601. The Kier molecular flexibility index (Phi) is 2.88. The van der Waals surface area contributed by atoms with Crippen LogP contribution < -0.4 is 5.43 Å². The van der Waals surface area contributed by atoms with E-state index in [0.29, 0.717) is 26.1 Å². The summed E-state index contributed by atoms with van der Waals surface area (Å²) in [5.74, 6) is 0.351. The van der Waals surface area contributed by atoms with Crippen LogP contribution in [-0.2, 0) is 0 Å². The van der Waals surface area contributed by atoms with Gasteiger partial charge in [0.25, 0.3) is 0 Å². The third kappa shape index (κ3) is 1.86. The lowest BCUT2D eigenvalue weighted by atomic mass is 10.0. The van der Waals surface area contributed by atoms with Gasteiger partial charge in [-0.05, 0) is 46.5 Å². The minimum Gasteiger partial charge on any atom is -0.590 e. The first-order valence-electron chi connectivity index (χ1n) is 6.29. The Morgan fingerprint density at radius 3 is 2.42 bits per heavy atom. The number of fused-ring (bicyclic) bond motifs is 2. The van der Waals surface area contributed by atoms with Crippen molar-refractivity contribution >= 4 is 30.9 Å². The summed E-state index contributed by atoms with van der Waals surface area (Å²) < 4.78 is 13.7. The molecule has 1 unspecified atom stereocenters. The molecule has 1 aromatic heterocycles. The van der Waals surface area contributed by atoms with Crippen molar-refractivity contribution in [3.8, 4) is 0 Å². The molecule has 3 aromatic rings. The van der Waals surface area contributed by atoms with E-state index in [1.807, 2.05) is 30.3 Å². The molecular weight excluding hydrogens is 256 g/mol. The molecule has 2 nitrogen and oxygen atoms in total. The normalized spacial score (nSPS) is 12.5. The fourth-order valence-corrected chi connectivity index (χ4v) is 3.67. The molecule has 0 fully saturated rings. The number of hydrogen-bond acceptors (Lipinski definition) is 2. The maximum Gasteiger partial charge on any atom is 0.203 e. The average Bonchev–Trinajstić information content (AvgIpc) is 2.44. The maximum atomic E-state index is 12.5. The van der Waals surface area contributed by atoms with E-state index in [9.17, 15) is 9.35 Å². The highest BCUT2D eigenvalue weighted by molar-refractivity contribution is 7.36. The van der Waals surface area contributed by atoms with E-state index in [-0.39, 0.29) is 5.43 Å². The van der Waals surface area contributed by atoms with E-state index in [4.69, 9.17) is 0 Å². The van der Waals surface area contributed by atoms with Crippen LogP contribution in [0.4, 0.5) is 0 Å². The Morgan fingerprint density at radius 2 is 1.68 bits per heavy atom. The molecule has 0 saturated heterocycles. The van der Waals surface area contributed by atoms with Crippen LogP contribution in [0.3, 0.4) is 0 Å². The average molecular weight is 270 g/mol. The second-order valence-electron chi connectivity index (χ2n) is 5.00. The van der Waals surface area contributed by atoms with Gasteiger partial charge < -0.3 is 4.55 Å². The minimum absolute atomic E-state index is 0.0206. The van der Waals surface area contributed by atoms with E-state index in [1.165, 1.54) is 0 Å². The SMILES string of the molecule is CC(C)c1ccc2c(c1)c(=O)c1ccccc1[s+]2[O-]. The van der Waals surface area contributed by atoms with Crippen molar-refractivity contribution in [2.75, 3.05) is 0 Å². The van der Waals surface area contributed by atoms with Gasteiger partial charge in [-0.3, -0.25) is 4.79 Å². The Bertz CT molecular complexity index is 831. The smallest absolute Gasteiger partial charge is 0.203 e. The van der Waals surface area contributed by atoms with E-state index in [1.54, 1.807) is 12.1 Å². The first-order chi connectivity index (χ1) is 9.09. The molecule has 0 radical (unpaired) electrons. The van der Waals surface area contributed by atoms with Crippen LogP contribution >= 0.6 is 10.8 Å². The molecule has 2 aromatic carbocycles. The van der Waals surface area contributed by atoms with Gasteiger partial charge in [0, 0.05) is 0 Å². The molecule has 0 saturated carbocycles. The molecule has 96 valence electrons. The van der Waals surface area contributed by atoms with Crippen LogP contribution in [0.2, 0.25) is 0 Å². The van der Waals surface area contributed by atoms with Gasteiger partial charge in [0.2, 0.25) is 5.43 Å². The minimum atomic E-state index is -1.25. The molecule has 1 atom stereocenters. The summed E-state index contributed by atoms with van der Waals surface area (Å²) in [7, 11) is -1.25. The van der Waals surface area contributed by atoms with Crippen molar-refractivity contribution in [1.29, 1.82) is 0 Å². The third-order valence-electron chi connectivity index (χ3n) is 3.45. The molecule has 0 amide bonds. The maximum absolute atomic E-state index is 12.5. The molecule has 0 spiro atoms. The number of hydrogen-bond donors (Lipinski definition) is 0. The van der Waals surface area contributed by atoms with Gasteiger partial charge in [0.1, 0.15) is 0 Å². The Morgan fingerprint density at radius 1 is 1.00 bits per heavy atom. The first-order valence-corrected chi connectivity index (χ1v) is 7.44. The second-order valence-corrected chi connectivity index (χ2v) is 6.42. The Labute approximate surface area is 114 Å². The van der Waals surface area contributed by atoms with Gasteiger partial charge in [-0.25, -0.2) is 0 Å². The van der Waals surface area contributed by atoms with E-state index in [0.717, 1.165) is 5.56 Å². The summed E-state index contributed by atoms with van der Waals surface area (Å²) in [5.41, 5.74) is 1.08. The van der Waals surface area contributed by atoms with Gasteiger partial charge >= 0.3 is 0 Å². The quantitative estimate of drug-likeness (QED) is 0.491. The highest BCUT2D eigenvalue weighted by Gasteiger charge is 2.15. The summed E-state index contributed by atoms with van der Waals surface area (Å²) in [6.07, 6.45) is 0.